The van der Waals surface area contributed by atoms with Crippen LogP contribution in [0.5, 0.6) is 0 Å². The SMILES string of the molecule is CCCCc1ccc(C#Cc2ccc3c(F)c(CCc4cc(F)c(Cl)c(F)c4)ccc3c2)cc1. The van der Waals surface area contributed by atoms with Gasteiger partial charge in [0.05, 0.1) is 0 Å². The van der Waals surface area contributed by atoms with Crippen molar-refractivity contribution in [2.24, 2.45) is 0 Å². The van der Waals surface area contributed by atoms with Crippen molar-refractivity contribution in [3.63, 3.8) is 0 Å². The van der Waals surface area contributed by atoms with Gasteiger partial charge in [-0.2, -0.15) is 0 Å². The maximum absolute atomic E-state index is 15.1. The van der Waals surface area contributed by atoms with E-state index in [2.05, 4.69) is 30.9 Å². The Morgan fingerprint density at radius 1 is 0.706 bits per heavy atom. The van der Waals surface area contributed by atoms with Gasteiger partial charge in [0.25, 0.3) is 0 Å². The summed E-state index contributed by atoms with van der Waals surface area (Å²) in [5.74, 6) is 4.39. The molecule has 4 aromatic carbocycles. The predicted molar refractivity (Wildman–Crippen MR) is 134 cm³/mol. The Bertz CT molecular complexity index is 1360. The molecule has 4 heteroatoms. The predicted octanol–water partition coefficient (Wildman–Crippen LogP) is 8.44. The first-order valence-corrected chi connectivity index (χ1v) is 11.8. The fourth-order valence-electron chi connectivity index (χ4n) is 3.92. The van der Waals surface area contributed by atoms with Crippen LogP contribution >= 0.6 is 11.6 Å². The number of halogens is 4. The smallest absolute Gasteiger partial charge is 0.145 e. The number of rotatable bonds is 6. The highest BCUT2D eigenvalue weighted by Crippen LogP contribution is 2.25. The molecule has 4 aromatic rings. The molecule has 0 fully saturated rings. The minimum absolute atomic E-state index is 0.300. The van der Waals surface area contributed by atoms with Crippen LogP contribution in [0.4, 0.5) is 13.2 Å². The summed E-state index contributed by atoms with van der Waals surface area (Å²) in [6, 6.07) is 19.6. The van der Waals surface area contributed by atoms with Gasteiger partial charge in [0.15, 0.2) is 0 Å². The van der Waals surface area contributed by atoms with Crippen LogP contribution in [0.1, 0.15) is 47.6 Å². The Kier molecular flexibility index (Phi) is 7.60. The average Bonchev–Trinajstić information content (AvgIpc) is 2.85. The highest BCUT2D eigenvalue weighted by Gasteiger charge is 2.11. The Labute approximate surface area is 203 Å². The first-order chi connectivity index (χ1) is 16.4. The largest absolute Gasteiger partial charge is 0.206 e. The maximum atomic E-state index is 15.1. The molecule has 0 N–H and O–H groups in total. The van der Waals surface area contributed by atoms with Gasteiger partial charge in [-0.15, -0.1) is 0 Å². The molecule has 0 heterocycles. The molecule has 0 aromatic heterocycles. The van der Waals surface area contributed by atoms with Crippen LogP contribution in [-0.2, 0) is 19.3 Å². The second-order valence-electron chi connectivity index (χ2n) is 8.40. The van der Waals surface area contributed by atoms with Gasteiger partial charge in [0.1, 0.15) is 22.5 Å². The molecular weight excluding hydrogens is 453 g/mol. The Balaban J connectivity index is 1.49. The molecule has 0 aliphatic heterocycles. The molecule has 0 atom stereocenters. The van der Waals surface area contributed by atoms with Crippen LogP contribution in [0.2, 0.25) is 5.02 Å². The monoisotopic (exact) mass is 476 g/mol. The van der Waals surface area contributed by atoms with Crippen molar-refractivity contribution in [1.82, 2.24) is 0 Å². The summed E-state index contributed by atoms with van der Waals surface area (Å²) in [5, 5.41) is 0.729. The van der Waals surface area contributed by atoms with Crippen molar-refractivity contribution in [2.75, 3.05) is 0 Å². The zero-order chi connectivity index (χ0) is 24.1. The molecule has 0 unspecified atom stereocenters. The molecule has 0 amide bonds. The lowest BCUT2D eigenvalue weighted by atomic mass is 9.99. The molecule has 0 nitrogen and oxygen atoms in total. The lowest BCUT2D eigenvalue weighted by Gasteiger charge is -2.08. The second kappa shape index (κ2) is 10.8. The van der Waals surface area contributed by atoms with Gasteiger partial charge in [0.2, 0.25) is 0 Å². The molecule has 4 rings (SSSR count). The maximum Gasteiger partial charge on any atom is 0.145 e. The normalized spacial score (nSPS) is 10.9. The topological polar surface area (TPSA) is 0 Å². The van der Waals surface area contributed by atoms with Crippen LogP contribution in [0.3, 0.4) is 0 Å². The zero-order valence-corrected chi connectivity index (χ0v) is 19.7. The fourth-order valence-corrected chi connectivity index (χ4v) is 4.03. The summed E-state index contributed by atoms with van der Waals surface area (Å²) in [6.07, 6.45) is 4.05. The average molecular weight is 477 g/mol. The van der Waals surface area contributed by atoms with E-state index in [0.29, 0.717) is 29.4 Å². The van der Waals surface area contributed by atoms with E-state index in [1.54, 1.807) is 12.1 Å². The number of fused-ring (bicyclic) bond motifs is 1. The van der Waals surface area contributed by atoms with E-state index in [1.807, 2.05) is 30.3 Å². The molecule has 0 aliphatic carbocycles. The third-order valence-electron chi connectivity index (χ3n) is 5.88. The fraction of sp³-hybridized carbons (Fsp3) is 0.200. The van der Waals surface area contributed by atoms with Gasteiger partial charge in [-0.1, -0.05) is 67.1 Å². The number of hydrogen-bond donors (Lipinski definition) is 0. The lowest BCUT2D eigenvalue weighted by molar-refractivity contribution is 0.579. The van der Waals surface area contributed by atoms with E-state index in [-0.39, 0.29) is 5.82 Å². The van der Waals surface area contributed by atoms with E-state index >= 15 is 4.39 Å². The van der Waals surface area contributed by atoms with Crippen molar-refractivity contribution in [3.8, 4) is 11.8 Å². The van der Waals surface area contributed by atoms with Crippen LogP contribution in [0.25, 0.3) is 10.8 Å². The van der Waals surface area contributed by atoms with Crippen LogP contribution in [-0.4, -0.2) is 0 Å². The van der Waals surface area contributed by atoms with Gasteiger partial charge in [-0.25, -0.2) is 13.2 Å². The first-order valence-electron chi connectivity index (χ1n) is 11.4. The van der Waals surface area contributed by atoms with Crippen molar-refractivity contribution in [3.05, 3.63) is 117 Å². The molecule has 0 bridgehead atoms. The summed E-state index contributed by atoms with van der Waals surface area (Å²) >= 11 is 5.53. The summed E-state index contributed by atoms with van der Waals surface area (Å²) in [4.78, 5) is 0. The Hall–Kier alpha value is -3.22. The van der Waals surface area contributed by atoms with Gasteiger partial charge >= 0.3 is 0 Å². The number of hydrogen-bond acceptors (Lipinski definition) is 0. The quantitative estimate of drug-likeness (QED) is 0.193. The summed E-state index contributed by atoms with van der Waals surface area (Å²) in [5.41, 5.74) is 3.99. The first kappa shape index (κ1) is 23.9. The highest BCUT2D eigenvalue weighted by atomic mass is 35.5. The summed E-state index contributed by atoms with van der Waals surface area (Å²) < 4.78 is 42.4. The van der Waals surface area contributed by atoms with E-state index < -0.39 is 16.7 Å². The van der Waals surface area contributed by atoms with Crippen LogP contribution in [0.15, 0.2) is 66.7 Å². The Morgan fingerprint density at radius 2 is 1.38 bits per heavy atom. The molecule has 0 aliphatic rings. The standard InChI is InChI=1S/C30H24ClF3/c1-2-3-4-20-5-7-21(8-6-20)9-10-22-12-16-26-25(17-22)15-14-24(30(26)34)13-11-23-18-27(32)29(31)28(33)19-23/h5-8,12,14-19H,2-4,11,13H2,1H3. The Morgan fingerprint density at radius 3 is 2.09 bits per heavy atom. The number of unbranched alkanes of at least 4 members (excludes halogenated alkanes) is 1. The van der Waals surface area contributed by atoms with E-state index in [9.17, 15) is 8.78 Å². The van der Waals surface area contributed by atoms with Crippen LogP contribution in [0, 0.1) is 29.3 Å². The van der Waals surface area contributed by atoms with E-state index in [0.717, 1.165) is 22.9 Å². The summed E-state index contributed by atoms with van der Waals surface area (Å²) in [6.45, 7) is 2.18. The van der Waals surface area contributed by atoms with E-state index in [4.69, 9.17) is 11.6 Å². The molecular formula is C30H24ClF3. The summed E-state index contributed by atoms with van der Waals surface area (Å²) in [7, 11) is 0. The minimum atomic E-state index is -0.809. The van der Waals surface area contributed by atoms with Gasteiger partial charge in [-0.3, -0.25) is 0 Å². The molecule has 0 radical (unpaired) electrons. The second-order valence-corrected chi connectivity index (χ2v) is 8.78. The molecule has 172 valence electrons. The zero-order valence-electron chi connectivity index (χ0n) is 18.9. The lowest BCUT2D eigenvalue weighted by Crippen LogP contribution is -1.98. The van der Waals surface area contributed by atoms with Gasteiger partial charge in [-0.05, 0) is 84.2 Å². The highest BCUT2D eigenvalue weighted by molar-refractivity contribution is 6.30. The number of aryl methyl sites for hydroxylation is 3. The number of benzene rings is 4. The van der Waals surface area contributed by atoms with Crippen molar-refractivity contribution < 1.29 is 13.2 Å². The molecule has 0 saturated carbocycles. The molecule has 0 spiro atoms. The van der Waals surface area contributed by atoms with Crippen molar-refractivity contribution >= 4 is 22.4 Å². The van der Waals surface area contributed by atoms with Crippen LogP contribution < -0.4 is 0 Å². The minimum Gasteiger partial charge on any atom is -0.206 e. The van der Waals surface area contributed by atoms with Gasteiger partial charge < -0.3 is 0 Å². The molecule has 0 saturated heterocycles. The van der Waals surface area contributed by atoms with E-state index in [1.165, 1.54) is 30.5 Å². The third-order valence-corrected chi connectivity index (χ3v) is 6.25. The van der Waals surface area contributed by atoms with Gasteiger partial charge in [0, 0.05) is 16.5 Å². The van der Waals surface area contributed by atoms with Crippen molar-refractivity contribution in [2.45, 2.75) is 39.0 Å². The third kappa shape index (κ3) is 5.64. The molecule has 34 heavy (non-hydrogen) atoms. The van der Waals surface area contributed by atoms with Crippen molar-refractivity contribution in [1.29, 1.82) is 0 Å².